The summed E-state index contributed by atoms with van der Waals surface area (Å²) in [6.45, 7) is 0. The van der Waals surface area contributed by atoms with E-state index in [1.165, 1.54) is 10.8 Å². The topological polar surface area (TPSA) is 0 Å². The maximum atomic E-state index is 5.55. The van der Waals surface area contributed by atoms with E-state index in [1.54, 1.807) is 0 Å². The zero-order valence-corrected chi connectivity index (χ0v) is 10.7. The van der Waals surface area contributed by atoms with Crippen molar-refractivity contribution < 1.29 is 0 Å². The molecule has 86 valence electrons. The molecule has 0 aromatic heterocycles. The zero-order valence-electron chi connectivity index (χ0n) is 9.84. The van der Waals surface area contributed by atoms with Crippen molar-refractivity contribution in [3.8, 4) is 0 Å². The van der Waals surface area contributed by atoms with E-state index in [2.05, 4.69) is 54.6 Å². The third kappa shape index (κ3) is 2.05. The molecule has 0 spiro atoms. The van der Waals surface area contributed by atoms with Crippen molar-refractivity contribution in [2.75, 3.05) is 0 Å². The Bertz CT molecular complexity index is 699. The molecule has 1 heteroatoms. The highest BCUT2D eigenvalue weighted by Crippen LogP contribution is 2.18. The van der Waals surface area contributed by atoms with Crippen LogP contribution >= 0.6 is 12.2 Å². The molecular weight excluding hydrogens is 236 g/mol. The van der Waals surface area contributed by atoms with Gasteiger partial charge in [0.15, 0.2) is 0 Å². The number of fused-ring (bicyclic) bond motifs is 1. The van der Waals surface area contributed by atoms with E-state index in [-0.39, 0.29) is 0 Å². The summed E-state index contributed by atoms with van der Waals surface area (Å²) in [4.78, 5) is 0.904. The quantitative estimate of drug-likeness (QED) is 0.471. The first-order valence-electron chi connectivity index (χ1n) is 5.93. The van der Waals surface area contributed by atoms with E-state index in [4.69, 9.17) is 12.2 Å². The third-order valence-electron chi connectivity index (χ3n) is 3.05. The highest BCUT2D eigenvalue weighted by Gasteiger charge is 2.04. The lowest BCUT2D eigenvalue weighted by Crippen LogP contribution is -1.98. The molecule has 0 atom stereocenters. The zero-order chi connectivity index (χ0) is 12.4. The summed E-state index contributed by atoms with van der Waals surface area (Å²) in [7, 11) is 0. The van der Waals surface area contributed by atoms with Crippen molar-refractivity contribution in [1.82, 2.24) is 0 Å². The van der Waals surface area contributed by atoms with Crippen LogP contribution in [0, 0.1) is 0 Å². The maximum absolute atomic E-state index is 5.55. The molecule has 0 N–H and O–H groups in total. The lowest BCUT2D eigenvalue weighted by Gasteiger charge is -2.06. The van der Waals surface area contributed by atoms with Crippen LogP contribution in [0.4, 0.5) is 0 Å². The van der Waals surface area contributed by atoms with Gasteiger partial charge in [0.2, 0.25) is 0 Å². The summed E-state index contributed by atoms with van der Waals surface area (Å²) < 4.78 is 0. The van der Waals surface area contributed by atoms with Crippen LogP contribution in [-0.4, -0.2) is 4.86 Å². The molecule has 0 aliphatic heterocycles. The normalized spacial score (nSPS) is 10.4. The summed E-state index contributed by atoms with van der Waals surface area (Å²) >= 11 is 5.55. The van der Waals surface area contributed by atoms with Gasteiger partial charge in [0.05, 0.1) is 4.86 Å². The van der Waals surface area contributed by atoms with E-state index in [1.807, 2.05) is 18.2 Å². The van der Waals surface area contributed by atoms with Crippen LogP contribution in [0.3, 0.4) is 0 Å². The van der Waals surface area contributed by atoms with Gasteiger partial charge in [-0.15, -0.1) is 0 Å². The Hall–Kier alpha value is -1.99. The Morgan fingerprint density at radius 3 is 2.06 bits per heavy atom. The van der Waals surface area contributed by atoms with Crippen LogP contribution in [0.15, 0.2) is 72.8 Å². The van der Waals surface area contributed by atoms with Gasteiger partial charge in [0.25, 0.3) is 0 Å². The SMILES string of the molecule is S=C(c1ccccc1)c1ccc2ccccc2c1. The van der Waals surface area contributed by atoms with Gasteiger partial charge in [-0.3, -0.25) is 0 Å². The predicted molar refractivity (Wildman–Crippen MR) is 81.2 cm³/mol. The van der Waals surface area contributed by atoms with Crippen LogP contribution in [0.1, 0.15) is 11.1 Å². The molecule has 3 aromatic rings. The molecule has 0 amide bonds. The van der Waals surface area contributed by atoms with E-state index in [0.717, 1.165) is 16.0 Å². The standard InChI is InChI=1S/C17H12S/c18-17(14-7-2-1-3-8-14)16-11-10-13-6-4-5-9-15(13)12-16/h1-12H. The Morgan fingerprint density at radius 1 is 0.611 bits per heavy atom. The van der Waals surface area contributed by atoms with Crippen LogP contribution in [-0.2, 0) is 0 Å². The number of benzene rings is 3. The molecule has 0 unspecified atom stereocenters. The molecule has 0 fully saturated rings. The summed E-state index contributed by atoms with van der Waals surface area (Å²) in [6, 6.07) is 24.9. The van der Waals surface area contributed by atoms with Crippen molar-refractivity contribution in [1.29, 1.82) is 0 Å². The van der Waals surface area contributed by atoms with Crippen molar-refractivity contribution in [3.05, 3.63) is 83.9 Å². The molecule has 3 rings (SSSR count). The van der Waals surface area contributed by atoms with Crippen LogP contribution in [0.25, 0.3) is 10.8 Å². The molecule has 0 saturated carbocycles. The molecular formula is C17H12S. The summed E-state index contributed by atoms with van der Waals surface area (Å²) in [6.07, 6.45) is 0. The third-order valence-corrected chi connectivity index (χ3v) is 3.52. The predicted octanol–water partition coefficient (Wildman–Crippen LogP) is 4.61. The summed E-state index contributed by atoms with van der Waals surface area (Å²) in [5.74, 6) is 0. The van der Waals surface area contributed by atoms with Gasteiger partial charge in [0.1, 0.15) is 0 Å². The second-order valence-corrected chi connectivity index (χ2v) is 4.67. The first-order valence-corrected chi connectivity index (χ1v) is 6.34. The molecule has 0 aliphatic carbocycles. The van der Waals surface area contributed by atoms with Gasteiger partial charge in [-0.05, 0) is 28.0 Å². The van der Waals surface area contributed by atoms with Crippen molar-refractivity contribution in [3.63, 3.8) is 0 Å². The van der Waals surface area contributed by atoms with Crippen molar-refractivity contribution in [2.45, 2.75) is 0 Å². The Balaban J connectivity index is 2.07. The molecule has 0 heterocycles. The fourth-order valence-electron chi connectivity index (χ4n) is 2.09. The molecule has 0 saturated heterocycles. The Morgan fingerprint density at radius 2 is 1.28 bits per heavy atom. The van der Waals surface area contributed by atoms with E-state index in [9.17, 15) is 0 Å². The lowest BCUT2D eigenvalue weighted by molar-refractivity contribution is 1.64. The fourth-order valence-corrected chi connectivity index (χ4v) is 2.35. The largest absolute Gasteiger partial charge is 0.0788 e. The second kappa shape index (κ2) is 4.71. The number of thiocarbonyl (C=S) groups is 1. The minimum Gasteiger partial charge on any atom is -0.0788 e. The van der Waals surface area contributed by atoms with Gasteiger partial charge < -0.3 is 0 Å². The summed E-state index contributed by atoms with van der Waals surface area (Å²) in [5, 5.41) is 2.48. The molecule has 0 bridgehead atoms. The van der Waals surface area contributed by atoms with Crippen molar-refractivity contribution in [2.24, 2.45) is 0 Å². The average molecular weight is 248 g/mol. The smallest absolute Gasteiger partial charge is 0.0522 e. The lowest BCUT2D eigenvalue weighted by atomic mass is 10.0. The van der Waals surface area contributed by atoms with Crippen LogP contribution in [0.2, 0.25) is 0 Å². The molecule has 3 aromatic carbocycles. The van der Waals surface area contributed by atoms with Crippen molar-refractivity contribution >= 4 is 27.9 Å². The minimum absolute atomic E-state index is 0.904. The van der Waals surface area contributed by atoms with Gasteiger partial charge >= 0.3 is 0 Å². The Labute approximate surface area is 112 Å². The second-order valence-electron chi connectivity index (χ2n) is 4.26. The first-order chi connectivity index (χ1) is 8.84. The monoisotopic (exact) mass is 248 g/mol. The molecule has 18 heavy (non-hydrogen) atoms. The summed E-state index contributed by atoms with van der Waals surface area (Å²) in [5.41, 5.74) is 2.21. The van der Waals surface area contributed by atoms with Gasteiger partial charge in [-0.2, -0.15) is 0 Å². The maximum Gasteiger partial charge on any atom is 0.0522 e. The highest BCUT2D eigenvalue weighted by molar-refractivity contribution is 7.81. The van der Waals surface area contributed by atoms with E-state index >= 15 is 0 Å². The minimum atomic E-state index is 0.904. The van der Waals surface area contributed by atoms with Gasteiger partial charge in [0, 0.05) is 0 Å². The van der Waals surface area contributed by atoms with Crippen LogP contribution in [0.5, 0.6) is 0 Å². The van der Waals surface area contributed by atoms with Crippen LogP contribution < -0.4 is 0 Å². The van der Waals surface area contributed by atoms with Gasteiger partial charge in [-0.25, -0.2) is 0 Å². The first kappa shape index (κ1) is 11.1. The number of hydrogen-bond donors (Lipinski definition) is 0. The van der Waals surface area contributed by atoms with E-state index < -0.39 is 0 Å². The number of rotatable bonds is 2. The fraction of sp³-hybridized carbons (Fsp3) is 0. The number of hydrogen-bond acceptors (Lipinski definition) is 1. The highest BCUT2D eigenvalue weighted by atomic mass is 32.1. The molecule has 0 aliphatic rings. The molecule has 0 nitrogen and oxygen atoms in total. The molecule has 0 radical (unpaired) electrons. The average Bonchev–Trinajstić information content (AvgIpc) is 2.47. The van der Waals surface area contributed by atoms with Gasteiger partial charge in [-0.1, -0.05) is 78.9 Å². The Kier molecular flexibility index (Phi) is 2.91. The van der Waals surface area contributed by atoms with E-state index in [0.29, 0.717) is 0 Å².